The highest BCUT2D eigenvalue weighted by Gasteiger charge is 2.31. The average Bonchev–Trinajstić information content (AvgIpc) is 2.52. The number of aryl methyl sites for hydroxylation is 1. The molecule has 1 fully saturated rings. The molecule has 2 N–H and O–H groups in total. The van der Waals surface area contributed by atoms with Crippen LogP contribution >= 0.6 is 11.6 Å². The lowest BCUT2D eigenvalue weighted by Gasteiger charge is -2.28. The number of rotatable bonds is 6. The second-order valence-electron chi connectivity index (χ2n) is 5.49. The fourth-order valence-corrected chi connectivity index (χ4v) is 2.69. The first-order valence-corrected chi connectivity index (χ1v) is 7.78. The Balaban J connectivity index is 1.85. The largest absolute Gasteiger partial charge is 0.480 e. The molecule has 1 heterocycles. The summed E-state index contributed by atoms with van der Waals surface area (Å²) in [6.07, 6.45) is 2.39. The van der Waals surface area contributed by atoms with Gasteiger partial charge in [0.15, 0.2) is 0 Å². The molecule has 0 radical (unpaired) electrons. The van der Waals surface area contributed by atoms with Gasteiger partial charge < -0.3 is 15.2 Å². The molecule has 2 atom stereocenters. The van der Waals surface area contributed by atoms with Crippen LogP contribution in [0.3, 0.4) is 0 Å². The van der Waals surface area contributed by atoms with Gasteiger partial charge in [-0.2, -0.15) is 0 Å². The maximum atomic E-state index is 12.0. The van der Waals surface area contributed by atoms with E-state index in [-0.39, 0.29) is 18.2 Å². The number of benzene rings is 1. The number of carboxylic acids is 1. The first-order valence-electron chi connectivity index (χ1n) is 7.40. The van der Waals surface area contributed by atoms with Gasteiger partial charge in [0.25, 0.3) is 0 Å². The van der Waals surface area contributed by atoms with E-state index in [1.807, 2.05) is 12.1 Å². The van der Waals surface area contributed by atoms with Crippen LogP contribution in [0.25, 0.3) is 0 Å². The maximum Gasteiger partial charge on any atom is 0.326 e. The summed E-state index contributed by atoms with van der Waals surface area (Å²) in [7, 11) is 0. The van der Waals surface area contributed by atoms with E-state index in [2.05, 4.69) is 5.32 Å². The fourth-order valence-electron chi connectivity index (χ4n) is 2.56. The minimum absolute atomic E-state index is 0.161. The second-order valence-corrected chi connectivity index (χ2v) is 5.92. The summed E-state index contributed by atoms with van der Waals surface area (Å²) in [5, 5.41) is 12.6. The van der Waals surface area contributed by atoms with Crippen molar-refractivity contribution in [2.24, 2.45) is 5.92 Å². The SMILES string of the molecule is O=C(CCc1ccc(Cl)cc1)NC(C(=O)O)C1CCCOC1. The third kappa shape index (κ3) is 5.00. The van der Waals surface area contributed by atoms with Crippen LogP contribution in [0, 0.1) is 5.92 Å². The molecular weight excluding hydrogens is 306 g/mol. The predicted octanol–water partition coefficient (Wildman–Crippen LogP) is 2.27. The zero-order valence-electron chi connectivity index (χ0n) is 12.3. The van der Waals surface area contributed by atoms with E-state index in [1.54, 1.807) is 12.1 Å². The van der Waals surface area contributed by atoms with Crippen molar-refractivity contribution >= 4 is 23.5 Å². The summed E-state index contributed by atoms with van der Waals surface area (Å²) in [5.41, 5.74) is 0.993. The van der Waals surface area contributed by atoms with Crippen LogP contribution in [0.2, 0.25) is 5.02 Å². The summed E-state index contributed by atoms with van der Waals surface area (Å²) < 4.78 is 5.31. The predicted molar refractivity (Wildman–Crippen MR) is 82.9 cm³/mol. The Morgan fingerprint density at radius 1 is 1.36 bits per heavy atom. The molecule has 22 heavy (non-hydrogen) atoms. The van der Waals surface area contributed by atoms with Crippen molar-refractivity contribution in [2.45, 2.75) is 31.7 Å². The number of hydrogen-bond acceptors (Lipinski definition) is 3. The Morgan fingerprint density at radius 2 is 2.09 bits per heavy atom. The van der Waals surface area contributed by atoms with Gasteiger partial charge in [-0.1, -0.05) is 23.7 Å². The van der Waals surface area contributed by atoms with Gasteiger partial charge in [0.2, 0.25) is 5.91 Å². The zero-order chi connectivity index (χ0) is 15.9. The van der Waals surface area contributed by atoms with Crippen LogP contribution in [0.5, 0.6) is 0 Å². The number of hydrogen-bond donors (Lipinski definition) is 2. The number of carboxylic acid groups (broad SMARTS) is 1. The lowest BCUT2D eigenvalue weighted by molar-refractivity contribution is -0.145. The Bertz CT molecular complexity index is 511. The van der Waals surface area contributed by atoms with E-state index in [1.165, 1.54) is 0 Å². The van der Waals surface area contributed by atoms with Crippen molar-refractivity contribution in [3.8, 4) is 0 Å². The quantitative estimate of drug-likeness (QED) is 0.841. The number of amides is 1. The highest BCUT2D eigenvalue weighted by molar-refractivity contribution is 6.30. The van der Waals surface area contributed by atoms with E-state index in [0.717, 1.165) is 18.4 Å². The minimum Gasteiger partial charge on any atom is -0.480 e. The molecule has 1 aromatic rings. The smallest absolute Gasteiger partial charge is 0.326 e. The second kappa shape index (κ2) is 8.15. The van der Waals surface area contributed by atoms with E-state index in [0.29, 0.717) is 24.7 Å². The Morgan fingerprint density at radius 3 is 2.68 bits per heavy atom. The number of carbonyl (C=O) groups excluding carboxylic acids is 1. The molecule has 0 aromatic heterocycles. The molecule has 0 spiro atoms. The van der Waals surface area contributed by atoms with E-state index >= 15 is 0 Å². The van der Waals surface area contributed by atoms with Crippen molar-refractivity contribution in [1.29, 1.82) is 0 Å². The fraction of sp³-hybridized carbons (Fsp3) is 0.500. The monoisotopic (exact) mass is 325 g/mol. The number of ether oxygens (including phenoxy) is 1. The standard InChI is InChI=1S/C16H20ClNO4/c17-13-6-3-11(4-7-13)5-8-14(19)18-15(16(20)21)12-2-1-9-22-10-12/h3-4,6-7,12,15H,1-2,5,8-10H2,(H,18,19)(H,20,21). The molecule has 6 heteroatoms. The number of carbonyl (C=O) groups is 2. The minimum atomic E-state index is -1.00. The lowest BCUT2D eigenvalue weighted by atomic mass is 9.93. The van der Waals surface area contributed by atoms with Crippen molar-refractivity contribution in [3.63, 3.8) is 0 Å². The number of nitrogens with one attached hydrogen (secondary N) is 1. The van der Waals surface area contributed by atoms with Gasteiger partial charge in [-0.25, -0.2) is 4.79 Å². The molecule has 2 unspecified atom stereocenters. The van der Waals surface area contributed by atoms with Crippen molar-refractivity contribution < 1.29 is 19.4 Å². The first kappa shape index (κ1) is 16.8. The maximum absolute atomic E-state index is 12.0. The van der Waals surface area contributed by atoms with Crippen molar-refractivity contribution in [1.82, 2.24) is 5.32 Å². The summed E-state index contributed by atoms with van der Waals surface area (Å²) >= 11 is 5.81. The molecule has 0 aliphatic carbocycles. The lowest BCUT2D eigenvalue weighted by Crippen LogP contribution is -2.48. The molecule has 1 amide bonds. The van der Waals surface area contributed by atoms with E-state index in [4.69, 9.17) is 16.3 Å². The van der Waals surface area contributed by atoms with Crippen LogP contribution in [0.4, 0.5) is 0 Å². The highest BCUT2D eigenvalue weighted by Crippen LogP contribution is 2.18. The topological polar surface area (TPSA) is 75.6 Å². The Labute approximate surface area is 134 Å². The Kier molecular flexibility index (Phi) is 6.21. The summed E-state index contributed by atoms with van der Waals surface area (Å²) in [6, 6.07) is 6.39. The third-order valence-electron chi connectivity index (χ3n) is 3.80. The van der Waals surface area contributed by atoms with E-state index in [9.17, 15) is 14.7 Å². The average molecular weight is 326 g/mol. The van der Waals surface area contributed by atoms with E-state index < -0.39 is 12.0 Å². The number of aliphatic carboxylic acids is 1. The molecule has 2 rings (SSSR count). The first-order chi connectivity index (χ1) is 10.6. The molecule has 0 bridgehead atoms. The summed E-state index contributed by atoms with van der Waals surface area (Å²) in [6.45, 7) is 1.04. The van der Waals surface area contributed by atoms with Gasteiger partial charge in [0, 0.05) is 24.0 Å². The van der Waals surface area contributed by atoms with Crippen LogP contribution in [0.1, 0.15) is 24.8 Å². The van der Waals surface area contributed by atoms with Crippen molar-refractivity contribution in [3.05, 3.63) is 34.9 Å². The van der Waals surface area contributed by atoms with Crippen LogP contribution in [0.15, 0.2) is 24.3 Å². The van der Waals surface area contributed by atoms with Gasteiger partial charge in [0.05, 0.1) is 6.61 Å². The Hall–Kier alpha value is -1.59. The molecule has 1 aliphatic rings. The summed E-state index contributed by atoms with van der Waals surface area (Å²) in [4.78, 5) is 23.4. The third-order valence-corrected chi connectivity index (χ3v) is 4.06. The normalized spacial score (nSPS) is 19.4. The van der Waals surface area contributed by atoms with Gasteiger partial charge in [0.1, 0.15) is 6.04 Å². The highest BCUT2D eigenvalue weighted by atomic mass is 35.5. The van der Waals surface area contributed by atoms with Crippen LogP contribution < -0.4 is 5.32 Å². The number of halogens is 1. The molecule has 1 aliphatic heterocycles. The van der Waals surface area contributed by atoms with Gasteiger partial charge in [-0.15, -0.1) is 0 Å². The zero-order valence-corrected chi connectivity index (χ0v) is 13.0. The van der Waals surface area contributed by atoms with Gasteiger partial charge in [-0.3, -0.25) is 4.79 Å². The molecule has 1 aromatic carbocycles. The van der Waals surface area contributed by atoms with Crippen molar-refractivity contribution in [2.75, 3.05) is 13.2 Å². The van der Waals surface area contributed by atoms with Crippen LogP contribution in [-0.4, -0.2) is 36.2 Å². The van der Waals surface area contributed by atoms with Crippen LogP contribution in [-0.2, 0) is 20.7 Å². The molecule has 120 valence electrons. The molecule has 1 saturated heterocycles. The van der Waals surface area contributed by atoms with Gasteiger partial charge in [-0.05, 0) is 37.0 Å². The summed E-state index contributed by atoms with van der Waals surface area (Å²) in [5.74, 6) is -1.42. The molecule has 0 saturated carbocycles. The molecule has 5 nitrogen and oxygen atoms in total. The van der Waals surface area contributed by atoms with Gasteiger partial charge >= 0.3 is 5.97 Å². The molecular formula is C16H20ClNO4.